The molecule has 1 aromatic heterocycles. The van der Waals surface area contributed by atoms with Gasteiger partial charge in [0, 0.05) is 12.1 Å². The Labute approximate surface area is 112 Å². The van der Waals surface area contributed by atoms with Crippen LogP contribution in [0.3, 0.4) is 0 Å². The third-order valence-corrected chi connectivity index (χ3v) is 2.79. The predicted molar refractivity (Wildman–Crippen MR) is 72.6 cm³/mol. The lowest BCUT2D eigenvalue weighted by atomic mass is 10.1. The zero-order chi connectivity index (χ0) is 13.8. The Bertz CT molecular complexity index is 549. The Hall–Kier alpha value is -1.81. The fraction of sp³-hybridized carbons (Fsp3) is 0.333. The minimum atomic E-state index is -0.350. The second-order valence-corrected chi connectivity index (χ2v) is 4.65. The topological polar surface area (TPSA) is 34.4 Å². The number of ether oxygens (including phenoxy) is 1. The molecule has 19 heavy (non-hydrogen) atoms. The van der Waals surface area contributed by atoms with Gasteiger partial charge >= 0.3 is 0 Å². The monoisotopic (exact) mass is 263 g/mol. The average molecular weight is 263 g/mol. The summed E-state index contributed by atoms with van der Waals surface area (Å²) in [6, 6.07) is 8.74. The van der Waals surface area contributed by atoms with Gasteiger partial charge < -0.3 is 14.5 Å². The lowest BCUT2D eigenvalue weighted by molar-refractivity contribution is 0.411. The van der Waals surface area contributed by atoms with Crippen LogP contribution in [0.2, 0.25) is 0 Å². The molecule has 0 atom stereocenters. The second-order valence-electron chi connectivity index (χ2n) is 4.65. The molecule has 2 aromatic rings. The van der Waals surface area contributed by atoms with Crippen LogP contribution in [0, 0.1) is 5.82 Å². The summed E-state index contributed by atoms with van der Waals surface area (Å²) in [5, 5.41) is 3.25. The Morgan fingerprint density at radius 2 is 2.05 bits per heavy atom. The largest absolute Gasteiger partial charge is 0.497 e. The molecule has 0 saturated carbocycles. The molecule has 0 fully saturated rings. The molecule has 1 heterocycles. The van der Waals surface area contributed by atoms with E-state index < -0.39 is 0 Å². The van der Waals surface area contributed by atoms with E-state index in [9.17, 15) is 4.39 Å². The number of hydrogen-bond donors (Lipinski definition) is 1. The molecule has 0 unspecified atom stereocenters. The molecule has 0 aliphatic heterocycles. The van der Waals surface area contributed by atoms with E-state index >= 15 is 0 Å². The molecule has 1 N–H and O–H groups in total. The highest BCUT2D eigenvalue weighted by Crippen LogP contribution is 2.27. The Balaban J connectivity index is 2.18. The number of furan rings is 1. The minimum Gasteiger partial charge on any atom is -0.497 e. The Kier molecular flexibility index (Phi) is 4.22. The second kappa shape index (κ2) is 5.89. The van der Waals surface area contributed by atoms with E-state index in [1.54, 1.807) is 18.2 Å². The highest BCUT2D eigenvalue weighted by atomic mass is 19.1. The van der Waals surface area contributed by atoms with Crippen LogP contribution in [0.1, 0.15) is 19.6 Å². The predicted octanol–water partition coefficient (Wildman–Crippen LogP) is 3.59. The van der Waals surface area contributed by atoms with Gasteiger partial charge in [-0.2, -0.15) is 0 Å². The summed E-state index contributed by atoms with van der Waals surface area (Å²) in [6.45, 7) is 4.76. The molecule has 102 valence electrons. The summed E-state index contributed by atoms with van der Waals surface area (Å²) >= 11 is 0. The maximum absolute atomic E-state index is 13.9. The van der Waals surface area contributed by atoms with Gasteiger partial charge in [0.2, 0.25) is 0 Å². The normalized spacial score (nSPS) is 11.0. The van der Waals surface area contributed by atoms with Crippen molar-refractivity contribution in [3.63, 3.8) is 0 Å². The van der Waals surface area contributed by atoms with E-state index in [1.165, 1.54) is 13.2 Å². The Morgan fingerprint density at radius 3 is 2.68 bits per heavy atom. The van der Waals surface area contributed by atoms with Crippen molar-refractivity contribution in [1.29, 1.82) is 0 Å². The van der Waals surface area contributed by atoms with Crippen LogP contribution in [0.5, 0.6) is 5.75 Å². The van der Waals surface area contributed by atoms with Gasteiger partial charge in [0.05, 0.1) is 19.2 Å². The number of halogens is 1. The van der Waals surface area contributed by atoms with Gasteiger partial charge in [-0.3, -0.25) is 0 Å². The molecule has 0 amide bonds. The van der Waals surface area contributed by atoms with Crippen molar-refractivity contribution in [1.82, 2.24) is 5.32 Å². The highest BCUT2D eigenvalue weighted by Gasteiger charge is 2.11. The van der Waals surface area contributed by atoms with Crippen LogP contribution in [0.4, 0.5) is 4.39 Å². The quantitative estimate of drug-likeness (QED) is 0.895. The zero-order valence-electron chi connectivity index (χ0n) is 11.4. The van der Waals surface area contributed by atoms with Crippen LogP contribution in [-0.4, -0.2) is 13.2 Å². The minimum absolute atomic E-state index is 0.350. The molecular weight excluding hydrogens is 245 g/mol. The van der Waals surface area contributed by atoms with Crippen LogP contribution in [0.25, 0.3) is 11.3 Å². The maximum atomic E-state index is 13.9. The van der Waals surface area contributed by atoms with Gasteiger partial charge in [-0.15, -0.1) is 0 Å². The SMILES string of the molecule is COc1ccc(-c2ccc(CNC(C)C)o2)c(F)c1. The smallest absolute Gasteiger partial charge is 0.137 e. The van der Waals surface area contributed by atoms with Crippen molar-refractivity contribution in [3.8, 4) is 17.1 Å². The van der Waals surface area contributed by atoms with Gasteiger partial charge in [0.15, 0.2) is 0 Å². The first-order valence-electron chi connectivity index (χ1n) is 6.26. The summed E-state index contributed by atoms with van der Waals surface area (Å²) in [5.41, 5.74) is 0.441. The van der Waals surface area contributed by atoms with E-state index in [1.807, 2.05) is 6.07 Å². The molecule has 0 aliphatic carbocycles. The molecule has 0 spiro atoms. The molecular formula is C15H18FNO2. The summed E-state index contributed by atoms with van der Waals surface area (Å²) < 4.78 is 24.5. The van der Waals surface area contributed by atoms with Gasteiger partial charge in [-0.1, -0.05) is 13.8 Å². The number of methoxy groups -OCH3 is 1. The first-order chi connectivity index (χ1) is 9.10. The third kappa shape index (κ3) is 3.35. The van der Waals surface area contributed by atoms with Crippen LogP contribution < -0.4 is 10.1 Å². The molecule has 2 rings (SSSR count). The fourth-order valence-corrected chi connectivity index (χ4v) is 1.75. The van der Waals surface area contributed by atoms with E-state index in [0.29, 0.717) is 29.7 Å². The number of hydrogen-bond acceptors (Lipinski definition) is 3. The zero-order valence-corrected chi connectivity index (χ0v) is 11.4. The van der Waals surface area contributed by atoms with E-state index in [0.717, 1.165) is 5.76 Å². The highest BCUT2D eigenvalue weighted by molar-refractivity contribution is 5.59. The molecule has 4 heteroatoms. The van der Waals surface area contributed by atoms with Gasteiger partial charge in [-0.25, -0.2) is 4.39 Å². The molecule has 0 radical (unpaired) electrons. The van der Waals surface area contributed by atoms with Gasteiger partial charge in [-0.05, 0) is 24.3 Å². The van der Waals surface area contributed by atoms with E-state index in [2.05, 4.69) is 19.2 Å². The first-order valence-corrected chi connectivity index (χ1v) is 6.26. The van der Waals surface area contributed by atoms with Crippen LogP contribution in [0.15, 0.2) is 34.7 Å². The molecule has 1 aromatic carbocycles. The van der Waals surface area contributed by atoms with Gasteiger partial charge in [0.25, 0.3) is 0 Å². The van der Waals surface area contributed by atoms with Crippen molar-refractivity contribution < 1.29 is 13.5 Å². The fourth-order valence-electron chi connectivity index (χ4n) is 1.75. The molecule has 0 bridgehead atoms. The number of benzene rings is 1. The maximum Gasteiger partial charge on any atom is 0.137 e. The summed E-state index contributed by atoms with van der Waals surface area (Å²) in [4.78, 5) is 0. The van der Waals surface area contributed by atoms with Crippen molar-refractivity contribution in [2.45, 2.75) is 26.4 Å². The van der Waals surface area contributed by atoms with Crippen LogP contribution in [-0.2, 0) is 6.54 Å². The Morgan fingerprint density at radius 1 is 1.26 bits per heavy atom. The van der Waals surface area contributed by atoms with Crippen molar-refractivity contribution in [3.05, 3.63) is 41.9 Å². The lowest BCUT2D eigenvalue weighted by Gasteiger charge is -2.05. The van der Waals surface area contributed by atoms with Crippen LogP contribution >= 0.6 is 0 Å². The van der Waals surface area contributed by atoms with Crippen molar-refractivity contribution >= 4 is 0 Å². The molecule has 3 nitrogen and oxygen atoms in total. The van der Waals surface area contributed by atoms with Gasteiger partial charge in [0.1, 0.15) is 23.1 Å². The summed E-state index contributed by atoms with van der Waals surface area (Å²) in [5.74, 6) is 1.46. The lowest BCUT2D eigenvalue weighted by Crippen LogP contribution is -2.21. The average Bonchev–Trinajstić information content (AvgIpc) is 2.84. The number of rotatable bonds is 5. The van der Waals surface area contributed by atoms with E-state index in [-0.39, 0.29) is 5.82 Å². The molecule has 0 saturated heterocycles. The standard InChI is InChI=1S/C15H18FNO2/c1-10(2)17-9-12-5-7-15(19-12)13-6-4-11(18-3)8-14(13)16/h4-8,10,17H,9H2,1-3H3. The number of nitrogens with one attached hydrogen (secondary N) is 1. The molecule has 0 aliphatic rings. The summed E-state index contributed by atoms with van der Waals surface area (Å²) in [6.07, 6.45) is 0. The van der Waals surface area contributed by atoms with Crippen molar-refractivity contribution in [2.24, 2.45) is 0 Å². The summed E-state index contributed by atoms with van der Waals surface area (Å²) in [7, 11) is 1.51. The third-order valence-electron chi connectivity index (χ3n) is 2.79. The first kappa shape index (κ1) is 13.6. The van der Waals surface area contributed by atoms with Crippen molar-refractivity contribution in [2.75, 3.05) is 7.11 Å². The van der Waals surface area contributed by atoms with E-state index in [4.69, 9.17) is 9.15 Å².